The van der Waals surface area contributed by atoms with Crippen LogP contribution in [0.25, 0.3) is 6.05 Å². The summed E-state index contributed by atoms with van der Waals surface area (Å²) >= 11 is 0. The predicted molar refractivity (Wildman–Crippen MR) is 66.5 cm³/mol. The van der Waals surface area contributed by atoms with Crippen molar-refractivity contribution in [1.29, 1.82) is 0 Å². The van der Waals surface area contributed by atoms with Crippen LogP contribution in [0.4, 0.5) is 0 Å². The summed E-state index contributed by atoms with van der Waals surface area (Å²) in [5.41, 5.74) is -0.0111. The van der Waals surface area contributed by atoms with Crippen LogP contribution in [0.15, 0.2) is 48.9 Å². The molecule has 2 rings (SSSR count). The number of hydrogen-bond acceptors (Lipinski definition) is 0. The van der Waals surface area contributed by atoms with Crippen molar-refractivity contribution in [1.82, 2.24) is 0 Å². The van der Waals surface area contributed by atoms with Crippen LogP contribution in [0.1, 0.15) is 33.1 Å². The minimum atomic E-state index is -0.422. The molecule has 0 N–H and O–H groups in total. The minimum absolute atomic E-state index is 0.0111. The second-order valence-corrected chi connectivity index (χ2v) is 3.88. The van der Waals surface area contributed by atoms with Gasteiger partial charge in [-0.2, -0.15) is 0 Å². The Morgan fingerprint density at radius 1 is 1.27 bits per heavy atom. The van der Waals surface area contributed by atoms with Gasteiger partial charge in [-0.1, -0.05) is 48.4 Å². The second kappa shape index (κ2) is 4.97. The second-order valence-electron chi connectivity index (χ2n) is 3.88. The van der Waals surface area contributed by atoms with E-state index in [1.54, 1.807) is 6.08 Å². The topological polar surface area (TPSA) is 0 Å². The maximum atomic E-state index is 8.11. The summed E-state index contributed by atoms with van der Waals surface area (Å²) in [4.78, 5) is 0. The Balaban J connectivity index is 2.40. The fourth-order valence-electron chi connectivity index (χ4n) is 1.94. The zero-order chi connectivity index (χ0) is 15.7. The summed E-state index contributed by atoms with van der Waals surface area (Å²) in [6.45, 7) is 3.78. The van der Waals surface area contributed by atoms with Crippen molar-refractivity contribution >= 4 is 6.05 Å². The molecule has 0 aromatic heterocycles. The van der Waals surface area contributed by atoms with Crippen molar-refractivity contribution in [3.8, 4) is 0 Å². The van der Waals surface area contributed by atoms with E-state index in [1.165, 1.54) is 0 Å². The van der Waals surface area contributed by atoms with Gasteiger partial charge in [-0.3, -0.25) is 0 Å². The molecule has 0 radical (unpaired) electrons. The number of hydrogen-bond donors (Lipinski definition) is 0. The highest BCUT2D eigenvalue weighted by atomic mass is 14.2. The maximum absolute atomic E-state index is 8.11. The average Bonchev–Trinajstić information content (AvgIpc) is 2.90. The van der Waals surface area contributed by atoms with Crippen molar-refractivity contribution in [3.63, 3.8) is 0 Å². The van der Waals surface area contributed by atoms with Crippen LogP contribution in [0.3, 0.4) is 0 Å². The molecule has 0 spiro atoms. The molecule has 0 heteroatoms. The Kier molecular flexibility index (Phi) is 1.71. The summed E-state index contributed by atoms with van der Waals surface area (Å²) in [5.74, 6) is 0.650. The molecule has 78 valence electrons. The molecule has 1 fully saturated rings. The van der Waals surface area contributed by atoms with Gasteiger partial charge in [0.15, 0.2) is 0 Å². The largest absolute Gasteiger partial charge is 0.103 e. The number of allylic oxidation sites excluding steroid dienone is 2. The van der Waals surface area contributed by atoms with Gasteiger partial charge in [-0.15, -0.1) is 6.58 Å². The van der Waals surface area contributed by atoms with E-state index in [-0.39, 0.29) is 41.7 Å². The first-order chi connectivity index (χ1) is 9.86. The van der Waals surface area contributed by atoms with Gasteiger partial charge in [0.1, 0.15) is 0 Å². The van der Waals surface area contributed by atoms with Crippen molar-refractivity contribution < 1.29 is 8.22 Å². The van der Waals surface area contributed by atoms with E-state index in [0.29, 0.717) is 5.92 Å². The van der Waals surface area contributed by atoms with Crippen LogP contribution in [0.2, 0.25) is 0 Å². The summed E-state index contributed by atoms with van der Waals surface area (Å²) in [6, 6.07) is -1.80. The molecule has 0 aliphatic heterocycles. The Bertz CT molecular complexity index is 576. The summed E-state index contributed by atoms with van der Waals surface area (Å²) in [7, 11) is 0. The van der Waals surface area contributed by atoms with E-state index in [1.807, 2.05) is 6.08 Å². The molecule has 0 saturated heterocycles. The van der Waals surface area contributed by atoms with E-state index in [4.69, 9.17) is 8.22 Å². The number of rotatable bonds is 3. The van der Waals surface area contributed by atoms with Gasteiger partial charge in [0.05, 0.1) is 8.22 Å². The Labute approximate surface area is 101 Å². The van der Waals surface area contributed by atoms with Crippen LogP contribution in [0, 0.1) is 11.8 Å². The molecular weight excluding hydrogens is 180 g/mol. The van der Waals surface area contributed by atoms with Crippen LogP contribution in [-0.4, -0.2) is 0 Å². The Morgan fingerprint density at radius 3 is 2.67 bits per heavy atom. The molecule has 0 heterocycles. The van der Waals surface area contributed by atoms with Gasteiger partial charge >= 0.3 is 0 Å². The zero-order valence-corrected chi connectivity index (χ0v) is 8.64. The molecule has 1 aliphatic carbocycles. The van der Waals surface area contributed by atoms with E-state index >= 15 is 0 Å². The van der Waals surface area contributed by atoms with Gasteiger partial charge in [-0.05, 0) is 36.7 Å². The standard InChI is InChI=1S/C15H18/c1-2-13-8-10-15(12-13)11-9-14-6-4-3-5-7-14/h2-7,9,11,13,15H,1,8,10,12H2/b11-9+/i3D,4D,5D,6D,7D,9D. The third-order valence-corrected chi connectivity index (χ3v) is 2.81. The molecule has 0 nitrogen and oxygen atoms in total. The van der Waals surface area contributed by atoms with Crippen molar-refractivity contribution in [3.05, 3.63) is 54.5 Å². The quantitative estimate of drug-likeness (QED) is 0.644. The smallest absolute Gasteiger partial charge is 0.0629 e. The molecule has 2 unspecified atom stereocenters. The van der Waals surface area contributed by atoms with Crippen molar-refractivity contribution in [2.24, 2.45) is 11.8 Å². The molecule has 1 aromatic carbocycles. The van der Waals surface area contributed by atoms with Gasteiger partial charge in [0, 0.05) is 0 Å². The highest BCUT2D eigenvalue weighted by Gasteiger charge is 2.19. The zero-order valence-electron chi connectivity index (χ0n) is 14.6. The molecule has 1 aliphatic rings. The van der Waals surface area contributed by atoms with Crippen LogP contribution in [0.5, 0.6) is 0 Å². The first kappa shape index (κ1) is 5.16. The lowest BCUT2D eigenvalue weighted by atomic mass is 10.0. The molecule has 0 amide bonds. The van der Waals surface area contributed by atoms with Gasteiger partial charge in [0.25, 0.3) is 0 Å². The van der Waals surface area contributed by atoms with Gasteiger partial charge in [0.2, 0.25) is 0 Å². The Morgan fingerprint density at radius 2 is 2.00 bits per heavy atom. The number of benzene rings is 1. The predicted octanol–water partition coefficient (Wildman–Crippen LogP) is 4.30. The lowest BCUT2D eigenvalue weighted by Gasteiger charge is -2.02. The molecule has 1 saturated carbocycles. The third-order valence-electron chi connectivity index (χ3n) is 2.81. The van der Waals surface area contributed by atoms with E-state index in [0.717, 1.165) is 19.3 Å². The molecular formula is C15H18. The lowest BCUT2D eigenvalue weighted by molar-refractivity contribution is 0.641. The highest BCUT2D eigenvalue weighted by Crippen LogP contribution is 2.32. The van der Waals surface area contributed by atoms with E-state index in [9.17, 15) is 0 Å². The van der Waals surface area contributed by atoms with E-state index < -0.39 is 6.04 Å². The first-order valence-corrected chi connectivity index (χ1v) is 5.25. The fourth-order valence-corrected chi connectivity index (χ4v) is 1.94. The lowest BCUT2D eigenvalue weighted by Crippen LogP contribution is -1.89. The molecule has 15 heavy (non-hydrogen) atoms. The first-order valence-electron chi connectivity index (χ1n) is 8.25. The summed E-state index contributed by atoms with van der Waals surface area (Å²) < 4.78 is 46.7. The Hall–Kier alpha value is -1.30. The summed E-state index contributed by atoms with van der Waals surface area (Å²) in [5, 5.41) is 0. The van der Waals surface area contributed by atoms with E-state index in [2.05, 4.69) is 6.58 Å². The van der Waals surface area contributed by atoms with Crippen LogP contribution < -0.4 is 0 Å². The van der Waals surface area contributed by atoms with Gasteiger partial charge in [-0.25, -0.2) is 0 Å². The molecule has 1 aromatic rings. The third kappa shape index (κ3) is 2.82. The minimum Gasteiger partial charge on any atom is -0.103 e. The average molecular weight is 204 g/mol. The van der Waals surface area contributed by atoms with Crippen molar-refractivity contribution in [2.75, 3.05) is 0 Å². The highest BCUT2D eigenvalue weighted by molar-refractivity contribution is 5.49. The summed E-state index contributed by atoms with van der Waals surface area (Å²) in [6.07, 6.45) is 6.51. The molecule has 0 bridgehead atoms. The van der Waals surface area contributed by atoms with Crippen LogP contribution >= 0.6 is 0 Å². The van der Waals surface area contributed by atoms with Crippen molar-refractivity contribution in [2.45, 2.75) is 19.3 Å². The molecule has 2 atom stereocenters. The van der Waals surface area contributed by atoms with Gasteiger partial charge < -0.3 is 0 Å². The van der Waals surface area contributed by atoms with Crippen LogP contribution in [-0.2, 0) is 0 Å². The normalized spacial score (nSPS) is 32.1. The fraction of sp³-hybridized carbons (Fsp3) is 0.333. The maximum Gasteiger partial charge on any atom is 0.0629 e. The monoisotopic (exact) mass is 204 g/mol. The SMILES string of the molecule is [2H]/C(=C\C1CCC(C=C)C1)c1c([2H])c([2H])c([2H])c([2H])c1[2H].